The number of carbonyl (C=O) groups excluding carboxylic acids is 3. The van der Waals surface area contributed by atoms with Crippen molar-refractivity contribution < 1.29 is 28.2 Å². The van der Waals surface area contributed by atoms with Gasteiger partial charge >= 0.3 is 6.03 Å². The number of halogens is 1. The van der Waals surface area contributed by atoms with E-state index in [4.69, 9.17) is 14.5 Å². The van der Waals surface area contributed by atoms with Crippen molar-refractivity contribution in [3.05, 3.63) is 53.1 Å². The maximum Gasteiger partial charge on any atom is 0.322 e. The van der Waals surface area contributed by atoms with Crippen molar-refractivity contribution in [2.75, 3.05) is 40.8 Å². The number of benzene rings is 1. The quantitative estimate of drug-likeness (QED) is 0.538. The lowest BCUT2D eigenvalue weighted by Crippen LogP contribution is -2.57. The van der Waals surface area contributed by atoms with E-state index in [9.17, 15) is 18.8 Å². The Balaban J connectivity index is 1.25. The summed E-state index contributed by atoms with van der Waals surface area (Å²) in [6.07, 6.45) is 7.22. The number of ether oxygens (including phenoxy) is 2. The van der Waals surface area contributed by atoms with Crippen LogP contribution >= 0.6 is 0 Å². The molecule has 6 rings (SSSR count). The topological polar surface area (TPSA) is 116 Å². The lowest BCUT2D eigenvalue weighted by atomic mass is 9.95. The van der Waals surface area contributed by atoms with Gasteiger partial charge in [-0.3, -0.25) is 19.9 Å². The van der Waals surface area contributed by atoms with Crippen LogP contribution in [0.25, 0.3) is 0 Å². The predicted octanol–water partition coefficient (Wildman–Crippen LogP) is 1.01. The summed E-state index contributed by atoms with van der Waals surface area (Å²) in [5, 5.41) is 4.95. The molecule has 1 aromatic carbocycles. The third kappa shape index (κ3) is 4.13. The monoisotopic (exact) mass is 538 g/mol. The van der Waals surface area contributed by atoms with E-state index < -0.39 is 35.3 Å². The number of hydrogen-bond donors (Lipinski definition) is 2. The van der Waals surface area contributed by atoms with Crippen LogP contribution in [0.3, 0.4) is 0 Å². The van der Waals surface area contributed by atoms with Crippen LogP contribution in [-0.2, 0) is 16.1 Å². The molecule has 2 unspecified atom stereocenters. The number of imide groups is 1. The molecule has 0 aromatic heterocycles. The summed E-state index contributed by atoms with van der Waals surface area (Å²) in [4.78, 5) is 49.5. The van der Waals surface area contributed by atoms with Crippen LogP contribution in [0.5, 0.6) is 5.75 Å². The normalized spacial score (nSPS) is 28.2. The number of fused-ring (bicyclic) bond motifs is 2. The predicted molar refractivity (Wildman–Crippen MR) is 139 cm³/mol. The van der Waals surface area contributed by atoms with E-state index in [-0.39, 0.29) is 36.2 Å². The summed E-state index contributed by atoms with van der Waals surface area (Å²) < 4.78 is 26.1. The number of hydrogen-bond acceptors (Lipinski definition) is 8. The Morgan fingerprint density at radius 1 is 1.23 bits per heavy atom. The second kappa shape index (κ2) is 9.37. The first-order valence-electron chi connectivity index (χ1n) is 13.0. The molecule has 2 fully saturated rings. The molecule has 3 atom stereocenters. The number of methoxy groups -OCH3 is 1. The molecule has 2 N–H and O–H groups in total. The Kier molecular flexibility index (Phi) is 6.09. The van der Waals surface area contributed by atoms with Crippen molar-refractivity contribution in [3.63, 3.8) is 0 Å². The maximum atomic E-state index is 14.9. The second-order valence-electron chi connectivity index (χ2n) is 10.7. The van der Waals surface area contributed by atoms with Gasteiger partial charge in [-0.2, -0.15) is 0 Å². The fourth-order valence-electron chi connectivity index (χ4n) is 6.01. The first kappa shape index (κ1) is 25.4. The zero-order valence-electron chi connectivity index (χ0n) is 22.1. The lowest BCUT2D eigenvalue weighted by Gasteiger charge is -2.37. The van der Waals surface area contributed by atoms with Gasteiger partial charge in [-0.1, -0.05) is 6.07 Å². The molecule has 0 spiro atoms. The minimum atomic E-state index is -1.67. The average molecular weight is 539 g/mol. The number of amides is 4. The van der Waals surface area contributed by atoms with Gasteiger partial charge in [0.15, 0.2) is 17.1 Å². The number of carbonyl (C=O) groups is 3. The molecular formula is C27H31FN6O5. The van der Waals surface area contributed by atoms with Gasteiger partial charge in [0.05, 0.1) is 19.2 Å². The Bertz CT molecular complexity index is 1330. The number of aliphatic imine (C=N–C) groups is 1. The summed E-state index contributed by atoms with van der Waals surface area (Å²) in [5.74, 6) is -0.949. The Morgan fingerprint density at radius 2 is 2.00 bits per heavy atom. The van der Waals surface area contributed by atoms with Crippen LogP contribution in [-0.4, -0.2) is 103 Å². The average Bonchev–Trinajstić information content (AvgIpc) is 3.57. The molecule has 39 heavy (non-hydrogen) atoms. The number of piperidine rings is 1. The SMILES string of the molecule is COc1ccc2c(c1F)C(=O)N(C[C@@]1(C3=CC4N=C(N5CCC(N(C)C)CC5)C=CC4O3)NC(=O)NC1=O)C2. The van der Waals surface area contributed by atoms with E-state index in [0.717, 1.165) is 31.8 Å². The Hall–Kier alpha value is -3.93. The highest BCUT2D eigenvalue weighted by atomic mass is 19.1. The van der Waals surface area contributed by atoms with Crippen molar-refractivity contribution in [2.24, 2.45) is 4.99 Å². The van der Waals surface area contributed by atoms with Crippen LogP contribution in [0.2, 0.25) is 0 Å². The van der Waals surface area contributed by atoms with Gasteiger partial charge in [0.1, 0.15) is 23.7 Å². The summed E-state index contributed by atoms with van der Waals surface area (Å²) in [5.41, 5.74) is -1.29. The van der Waals surface area contributed by atoms with Gasteiger partial charge in [0, 0.05) is 25.7 Å². The highest BCUT2D eigenvalue weighted by Gasteiger charge is 2.56. The molecule has 1 aromatic rings. The van der Waals surface area contributed by atoms with Crippen molar-refractivity contribution in [1.29, 1.82) is 0 Å². The van der Waals surface area contributed by atoms with Gasteiger partial charge in [-0.25, -0.2) is 9.18 Å². The van der Waals surface area contributed by atoms with E-state index in [1.807, 2.05) is 12.2 Å². The summed E-state index contributed by atoms with van der Waals surface area (Å²) in [7, 11) is 5.52. The number of dihydropyridines is 1. The third-order valence-electron chi connectivity index (χ3n) is 8.22. The van der Waals surface area contributed by atoms with Gasteiger partial charge in [0.25, 0.3) is 11.8 Å². The molecule has 206 valence electrons. The molecule has 0 saturated carbocycles. The first-order valence-corrected chi connectivity index (χ1v) is 13.0. The first-order chi connectivity index (χ1) is 18.7. The summed E-state index contributed by atoms with van der Waals surface area (Å²) in [6, 6.07) is 2.55. The largest absolute Gasteiger partial charge is 0.494 e. The van der Waals surface area contributed by atoms with Crippen molar-refractivity contribution >= 4 is 23.7 Å². The van der Waals surface area contributed by atoms with Gasteiger partial charge < -0.3 is 29.5 Å². The molecule has 5 aliphatic heterocycles. The molecule has 0 aliphatic carbocycles. The van der Waals surface area contributed by atoms with Crippen LogP contribution in [0.4, 0.5) is 9.18 Å². The van der Waals surface area contributed by atoms with Crippen LogP contribution in [0, 0.1) is 5.82 Å². The molecule has 0 radical (unpaired) electrons. The highest BCUT2D eigenvalue weighted by molar-refractivity contribution is 6.10. The van der Waals surface area contributed by atoms with E-state index in [0.29, 0.717) is 11.6 Å². The zero-order valence-corrected chi connectivity index (χ0v) is 22.1. The molecule has 12 heteroatoms. The molecule has 2 saturated heterocycles. The van der Waals surface area contributed by atoms with Crippen molar-refractivity contribution in [3.8, 4) is 5.75 Å². The van der Waals surface area contributed by atoms with Crippen molar-refractivity contribution in [1.82, 2.24) is 25.3 Å². The molecular weight excluding hydrogens is 507 g/mol. The fourth-order valence-corrected chi connectivity index (χ4v) is 6.01. The van der Waals surface area contributed by atoms with Gasteiger partial charge in [-0.15, -0.1) is 0 Å². The van der Waals surface area contributed by atoms with Gasteiger partial charge in [0.2, 0.25) is 0 Å². The van der Waals surface area contributed by atoms with Crippen molar-refractivity contribution in [2.45, 2.75) is 43.1 Å². The smallest absolute Gasteiger partial charge is 0.322 e. The number of likely N-dealkylation sites (tertiary alicyclic amines) is 1. The number of rotatable bonds is 5. The van der Waals surface area contributed by atoms with Gasteiger partial charge in [-0.05, 0) is 56.8 Å². The standard InChI is InChI=1S/C27H31FN6O5/c1-32(2)16-8-10-33(11-9-16)21-7-6-18-17(29-21)12-20(39-18)27(25(36)30-26(37)31-27)14-34-13-15-4-5-19(38-3)23(28)22(15)24(34)35/h4-7,12,16-18H,8-11,13-14H2,1-3H3,(H2,30,31,36,37)/t17?,18?,27-/m0/s1. The van der Waals surface area contributed by atoms with E-state index >= 15 is 0 Å². The number of nitrogens with one attached hydrogen (secondary N) is 2. The van der Waals surface area contributed by atoms with E-state index in [1.54, 1.807) is 12.1 Å². The fraction of sp³-hybridized carbons (Fsp3) is 0.481. The summed E-state index contributed by atoms with van der Waals surface area (Å²) >= 11 is 0. The molecule has 11 nitrogen and oxygen atoms in total. The molecule has 4 amide bonds. The van der Waals surface area contributed by atoms with Crippen LogP contribution < -0.4 is 15.4 Å². The Morgan fingerprint density at radius 3 is 2.67 bits per heavy atom. The zero-order chi connectivity index (χ0) is 27.5. The number of amidine groups is 1. The van der Waals surface area contributed by atoms with E-state index in [2.05, 4.69) is 34.5 Å². The van der Waals surface area contributed by atoms with Crippen LogP contribution in [0.1, 0.15) is 28.8 Å². The number of urea groups is 1. The molecule has 5 heterocycles. The minimum absolute atomic E-state index is 0.0390. The van der Waals surface area contributed by atoms with E-state index in [1.165, 1.54) is 18.1 Å². The molecule has 0 bridgehead atoms. The minimum Gasteiger partial charge on any atom is -0.494 e. The maximum absolute atomic E-state index is 14.9. The summed E-state index contributed by atoms with van der Waals surface area (Å²) in [6.45, 7) is 1.62. The van der Waals surface area contributed by atoms with Crippen LogP contribution in [0.15, 0.2) is 41.1 Å². The third-order valence-corrected chi connectivity index (χ3v) is 8.22. The highest BCUT2D eigenvalue weighted by Crippen LogP contribution is 2.37. The molecule has 5 aliphatic rings. The lowest BCUT2D eigenvalue weighted by molar-refractivity contribution is -0.124. The second-order valence-corrected chi connectivity index (χ2v) is 10.7. The Labute approximate surface area is 225 Å². The number of nitrogens with zero attached hydrogens (tertiary/aromatic N) is 4.